The zero-order valence-corrected chi connectivity index (χ0v) is 82.4. The molecule has 0 radical (unpaired) electrons. The second-order valence-corrected chi connectivity index (χ2v) is 38.0. The number of phenolic OH excluding ortho intramolecular Hbond substituents is 1. The maximum atomic E-state index is 15.6. The average molecular weight is 1940 g/mol. The second-order valence-electron chi connectivity index (χ2n) is 38.0. The van der Waals surface area contributed by atoms with Gasteiger partial charge in [0.15, 0.2) is 0 Å². The van der Waals surface area contributed by atoms with E-state index in [0.717, 1.165) is 0 Å². The van der Waals surface area contributed by atoms with Gasteiger partial charge in [-0.1, -0.05) is 127 Å². The second kappa shape index (κ2) is 55.4. The van der Waals surface area contributed by atoms with Gasteiger partial charge in [0.25, 0.3) is 0 Å². The number of carbonyl (C=O) groups is 20. The fourth-order valence-electron chi connectivity index (χ4n) is 15.5. The maximum absolute atomic E-state index is 15.6. The quantitative estimate of drug-likeness (QED) is 0.0220. The van der Waals surface area contributed by atoms with E-state index in [4.69, 9.17) is 11.5 Å². The first-order valence-corrected chi connectivity index (χ1v) is 47.3. The number of nitrogens with one attached hydrogen (secondary N) is 16. The van der Waals surface area contributed by atoms with Crippen LogP contribution in [0.2, 0.25) is 0 Å². The summed E-state index contributed by atoms with van der Waals surface area (Å²) in [5, 5.41) is 72.1. The van der Waals surface area contributed by atoms with Crippen molar-refractivity contribution in [3.05, 3.63) is 114 Å². The zero-order valence-electron chi connectivity index (χ0n) is 82.4. The van der Waals surface area contributed by atoms with E-state index in [0.29, 0.717) is 59.7 Å². The molecule has 23 N–H and O–H groups in total. The first kappa shape index (κ1) is 116. The summed E-state index contributed by atoms with van der Waals surface area (Å²) in [7, 11) is 0. The van der Waals surface area contributed by atoms with Crippen LogP contribution >= 0.6 is 0 Å². The molecular weight excluding hydrogens is 1800 g/mol. The van der Waals surface area contributed by atoms with E-state index in [1.165, 1.54) is 100 Å². The van der Waals surface area contributed by atoms with Crippen LogP contribution in [0.25, 0.3) is 10.9 Å². The molecule has 1 aliphatic heterocycles. The smallest absolute Gasteiger partial charge is 0.303 e. The molecule has 3 unspecified atom stereocenters. The number of H-pyrrole nitrogens is 1. The van der Waals surface area contributed by atoms with Gasteiger partial charge in [-0.05, 0) is 180 Å². The van der Waals surface area contributed by atoms with Crippen molar-refractivity contribution in [1.82, 2.24) is 84.7 Å². The molecule has 4 aromatic rings. The van der Waals surface area contributed by atoms with Crippen LogP contribution in [0.1, 0.15) is 224 Å². The number of nitrogens with two attached hydrogens (primary N) is 2. The fraction of sp³-hybridized carbons (Fsp3) is 0.571. The number of para-hydroxylation sites is 1. The molecule has 0 fully saturated rings. The summed E-state index contributed by atoms with van der Waals surface area (Å²) in [6, 6.07) is 2.38. The minimum absolute atomic E-state index is 0.0439. The summed E-state index contributed by atoms with van der Waals surface area (Å²) >= 11 is 0. The number of aromatic nitrogens is 1. The summed E-state index contributed by atoms with van der Waals surface area (Å²) in [6.45, 7) is 22.6. The van der Waals surface area contributed by atoms with Crippen LogP contribution in [-0.2, 0) is 115 Å². The van der Waals surface area contributed by atoms with Crippen molar-refractivity contribution in [2.45, 2.75) is 322 Å². The first-order valence-electron chi connectivity index (χ1n) is 47.3. The third-order valence-corrected chi connectivity index (χ3v) is 24.0. The van der Waals surface area contributed by atoms with Gasteiger partial charge in [0.2, 0.25) is 112 Å². The van der Waals surface area contributed by atoms with E-state index < -0.39 is 257 Å². The number of phenols is 1. The van der Waals surface area contributed by atoms with Gasteiger partial charge in [-0.3, -0.25) is 95.9 Å². The Bertz CT molecular complexity index is 5020. The van der Waals surface area contributed by atoms with Crippen molar-refractivity contribution in [3.63, 3.8) is 0 Å². The predicted octanol–water partition coefficient (Wildman–Crippen LogP) is 1.13. The molecular formula is C98H144N18O23. The Morgan fingerprint density at radius 2 is 1.14 bits per heavy atom. The van der Waals surface area contributed by atoms with E-state index in [9.17, 15) is 77.6 Å². The average Bonchev–Trinajstić information content (AvgIpc) is 1.30. The number of Topliss-reactive ketones (excluding diaryl/α,β-unsaturated/α-hetero) is 4. The van der Waals surface area contributed by atoms with Gasteiger partial charge in [0.1, 0.15) is 64.7 Å². The number of fused-ring (bicyclic) bond motifs is 1. The number of aliphatic hydroxyl groups is 1. The largest absolute Gasteiger partial charge is 0.508 e. The number of aliphatic hydroxyl groups excluding tert-OH is 1. The molecule has 3 aromatic carbocycles. The van der Waals surface area contributed by atoms with E-state index >= 15 is 33.6 Å². The molecule has 1 aliphatic rings. The van der Waals surface area contributed by atoms with Crippen LogP contribution in [0, 0.1) is 23.7 Å². The normalized spacial score (nSPS) is 21.8. The topological polar surface area (TPSA) is 650 Å². The summed E-state index contributed by atoms with van der Waals surface area (Å²) in [5.74, 6) is -21.8. The number of hydrogen-bond acceptors (Lipinski definition) is 24. The summed E-state index contributed by atoms with van der Waals surface area (Å²) in [4.78, 5) is 285. The maximum Gasteiger partial charge on any atom is 0.303 e. The Morgan fingerprint density at radius 3 is 1.75 bits per heavy atom. The number of aromatic hydroxyl groups is 1. The molecule has 5 rings (SSSR count). The van der Waals surface area contributed by atoms with Crippen molar-refractivity contribution in [2.75, 3.05) is 13.1 Å². The number of aromatic amines is 1. The number of carboxylic acids is 1. The van der Waals surface area contributed by atoms with Crippen molar-refractivity contribution in [3.8, 4) is 5.75 Å². The lowest BCUT2D eigenvalue weighted by atomic mass is 9.89. The number of rotatable bonds is 39. The molecule has 0 saturated carbocycles. The molecule has 0 saturated heterocycles. The molecule has 15 amide bonds. The number of carboxylic acid groups (broad SMARTS) is 1. The molecule has 0 bridgehead atoms. The standard InChI is InChI=1S/C98H144N18O23/c1-53(2)45-66-52-103-70(39-41-76(99)120)82(126)81(125)57(7)105-88(132)75(49-65-51-102-69-34-28-27-33-68(65)69)110-89(133)73(48-64-35-37-67(119)38-36-64)109-87(131)71(40-42-77(121)122)112-95(139)98(16,116-91(135)74(47-63-31-25-24-26-32-63)111-92(136)78(61(11)117)113-90(134)72(46-54(3)4)108-62(12)118)44-30-23-21-19-17-18-20-22-29-43-97(15,115-86(66)130)94(138)107-60(10)85(129)114-96(13,14)93(137)106-58(8)80(124)79(123)56(6)104-84(128)59(9)101-50-55(5)83(100)127/h18,20,24-28,31-38,51,53-61,66,70-75,78,101-103,117,119H,17,19,21-23,29-30,39-50,52H2,1-16H3,(H2,99,120)(H2,100,127)(H,104,128)(H,105,132)(H,106,137)(H,107,138)(H,108,118)(H,109,131)(H,110,133)(H,111,136)(H,112,139)(H,113,134)(H,114,129)(H,115,130)(H,116,135)(H,121,122)/b20-18+/t55-,56-,57-,58-,59?,60?,61+,66+,70-,71-,72-,73?,74-,75-,78-,97-,98+/m0/s1. The van der Waals surface area contributed by atoms with Crippen LogP contribution in [0.15, 0.2) is 97.2 Å². The molecule has 1 aromatic heterocycles. The van der Waals surface area contributed by atoms with E-state index in [1.807, 2.05) is 12.2 Å². The van der Waals surface area contributed by atoms with Gasteiger partial charge in [-0.15, -0.1) is 0 Å². The van der Waals surface area contributed by atoms with Gasteiger partial charge >= 0.3 is 5.97 Å². The molecule has 0 spiro atoms. The van der Waals surface area contributed by atoms with Crippen molar-refractivity contribution in [2.24, 2.45) is 35.1 Å². The number of carbonyl (C=O) groups excluding carboxylic acids is 19. The highest BCUT2D eigenvalue weighted by Crippen LogP contribution is 2.26. The lowest BCUT2D eigenvalue weighted by Gasteiger charge is -2.34. The van der Waals surface area contributed by atoms with Crippen molar-refractivity contribution in [1.29, 1.82) is 0 Å². The van der Waals surface area contributed by atoms with E-state index in [1.54, 1.807) is 95.4 Å². The number of benzene rings is 3. The summed E-state index contributed by atoms with van der Waals surface area (Å²) in [6.07, 6.45) is 2.81. The van der Waals surface area contributed by atoms with E-state index in [2.05, 4.69) is 84.7 Å². The highest BCUT2D eigenvalue weighted by Gasteiger charge is 2.45. The Balaban J connectivity index is 1.60. The number of primary amides is 2. The number of ketones is 4. The van der Waals surface area contributed by atoms with Gasteiger partial charge in [0.05, 0.1) is 42.2 Å². The highest BCUT2D eigenvalue weighted by atomic mass is 16.4. The molecule has 139 heavy (non-hydrogen) atoms. The van der Waals surface area contributed by atoms with Gasteiger partial charge in [-0.2, -0.15) is 0 Å². The zero-order chi connectivity index (χ0) is 104. The summed E-state index contributed by atoms with van der Waals surface area (Å²) in [5.41, 5.74) is 6.99. The third kappa shape index (κ3) is 38.3. The molecule has 41 heteroatoms. The molecule has 2 heterocycles. The van der Waals surface area contributed by atoms with Crippen LogP contribution in [0.4, 0.5) is 0 Å². The Labute approximate surface area is 810 Å². The third-order valence-electron chi connectivity index (χ3n) is 24.0. The molecule has 17 atom stereocenters. The predicted molar refractivity (Wildman–Crippen MR) is 515 cm³/mol. The minimum Gasteiger partial charge on any atom is -0.508 e. The van der Waals surface area contributed by atoms with Crippen LogP contribution in [-0.4, -0.2) is 246 Å². The first-order chi connectivity index (χ1) is 65.1. The lowest BCUT2D eigenvalue weighted by Crippen LogP contribution is -2.65. The highest BCUT2D eigenvalue weighted by molar-refractivity contribution is 6.42. The van der Waals surface area contributed by atoms with E-state index in [-0.39, 0.29) is 82.0 Å². The van der Waals surface area contributed by atoms with Gasteiger partial charge in [-0.25, -0.2) is 0 Å². The SMILES string of the molecule is CC(=O)N[C@@H](CC(C)C)C(=O)N[C@H](C(=O)N[C@@H](Cc1ccccc1)C(=O)N[C@]1(C)CCCCCC/C=C/CCC[C@@](C)(C(=O)NC(C)C(=O)NC(C)(C)C(=O)N[C@@H](C)C(=O)C(=O)[C@H](C)NC(=O)C(C)NC[C@H](C)C(N)=O)NC(=O)[C@H](CC(C)C)CN[C@@H](CCC(N)=O)C(=O)C(=O)[C@H](C)NC(=O)[C@H](Cc2c[nH]c3ccccc23)NC(=O)C(Cc2ccc(O)cc2)NC(=O)[C@H](CCC(=O)O)NC1=O)[C@@H](C)O. The molecule has 41 nitrogen and oxygen atoms in total. The van der Waals surface area contributed by atoms with Crippen LogP contribution < -0.4 is 91.2 Å². The van der Waals surface area contributed by atoms with Gasteiger partial charge < -0.3 is 112 Å². The van der Waals surface area contributed by atoms with Gasteiger partial charge in [0, 0.05) is 75.1 Å². The van der Waals surface area contributed by atoms with Crippen LogP contribution in [0.5, 0.6) is 5.75 Å². The fourth-order valence-corrected chi connectivity index (χ4v) is 15.5. The van der Waals surface area contributed by atoms with Crippen molar-refractivity contribution >= 4 is 129 Å². The number of aliphatic carboxylic acids is 1. The Kier molecular flexibility index (Phi) is 46.4. The van der Waals surface area contributed by atoms with Crippen molar-refractivity contribution < 1.29 is 111 Å². The number of amides is 15. The van der Waals surface area contributed by atoms with Crippen LogP contribution in [0.3, 0.4) is 0 Å². The Morgan fingerprint density at radius 1 is 0.554 bits per heavy atom. The number of hydrogen-bond donors (Lipinski definition) is 21. The summed E-state index contributed by atoms with van der Waals surface area (Å²) < 4.78 is 0. The molecule has 0 aliphatic carbocycles. The minimum atomic E-state index is -2.08. The monoisotopic (exact) mass is 1940 g/mol. The molecule has 764 valence electrons. The lowest BCUT2D eigenvalue weighted by molar-refractivity contribution is -0.141. The number of allylic oxidation sites excluding steroid dienone is 2. The Hall–Kier alpha value is -13.2.